The van der Waals surface area contributed by atoms with Crippen molar-refractivity contribution in [1.29, 1.82) is 0 Å². The van der Waals surface area contributed by atoms with Gasteiger partial charge in [0.1, 0.15) is 12.4 Å². The summed E-state index contributed by atoms with van der Waals surface area (Å²) in [5, 5.41) is 3.19. The molecule has 1 heterocycles. The van der Waals surface area contributed by atoms with E-state index in [1.165, 1.54) is 16.5 Å². The molecule has 104 valence electrons. The highest BCUT2D eigenvalue weighted by atomic mass is 35.5. The number of hydrogen-bond acceptors (Lipinski definition) is 1. The zero-order valence-corrected chi connectivity index (χ0v) is 13.2. The minimum absolute atomic E-state index is 0.135. The van der Waals surface area contributed by atoms with Gasteiger partial charge >= 0.3 is 0 Å². The summed E-state index contributed by atoms with van der Waals surface area (Å²) in [4.78, 5) is 1.42. The van der Waals surface area contributed by atoms with Crippen LogP contribution < -0.4 is 4.90 Å². The first-order valence-corrected chi connectivity index (χ1v) is 7.90. The van der Waals surface area contributed by atoms with Gasteiger partial charge in [0.15, 0.2) is 0 Å². The quantitative estimate of drug-likeness (QED) is 0.825. The van der Waals surface area contributed by atoms with E-state index in [4.69, 9.17) is 11.6 Å². The van der Waals surface area contributed by atoms with E-state index in [-0.39, 0.29) is 11.4 Å². The summed E-state index contributed by atoms with van der Waals surface area (Å²) in [5.41, 5.74) is 1.35. The van der Waals surface area contributed by atoms with E-state index in [9.17, 15) is 4.39 Å². The standard InChI is InChI=1S/C15H19ClFNS/c1-15(2,3)18(7-6-16)9-11-10-19-14-5-4-12(17)8-13(11)14/h4-5,8,10H,6-7,9H2,1-3H3/p+1. The third-order valence-electron chi connectivity index (χ3n) is 3.48. The molecule has 1 N–H and O–H groups in total. The first kappa shape index (κ1) is 14.8. The third kappa shape index (κ3) is 3.47. The third-order valence-corrected chi connectivity index (χ3v) is 4.68. The first-order chi connectivity index (χ1) is 8.91. The maximum absolute atomic E-state index is 13.4. The normalized spacial score (nSPS) is 13.9. The van der Waals surface area contributed by atoms with Gasteiger partial charge in [0, 0.05) is 21.0 Å². The number of quaternary nitrogens is 1. The van der Waals surface area contributed by atoms with Crippen molar-refractivity contribution in [3.63, 3.8) is 0 Å². The Morgan fingerprint density at radius 2 is 2.05 bits per heavy atom. The Kier molecular flexibility index (Phi) is 4.49. The van der Waals surface area contributed by atoms with Gasteiger partial charge in [-0.3, -0.25) is 0 Å². The minimum Gasteiger partial charge on any atom is -0.326 e. The Bertz CT molecular complexity index is 559. The Morgan fingerprint density at radius 1 is 1.32 bits per heavy atom. The lowest BCUT2D eigenvalue weighted by Gasteiger charge is -2.31. The van der Waals surface area contributed by atoms with Crippen LogP contribution >= 0.6 is 22.9 Å². The SMILES string of the molecule is CC(C)(C)[NH+](CCCl)Cc1csc2ccc(F)cc12. The summed E-state index contributed by atoms with van der Waals surface area (Å²) in [6.45, 7) is 8.44. The highest BCUT2D eigenvalue weighted by Gasteiger charge is 2.25. The molecular weight excluding hydrogens is 281 g/mol. The lowest BCUT2D eigenvalue weighted by molar-refractivity contribution is -0.957. The van der Waals surface area contributed by atoms with Crippen LogP contribution in [0.5, 0.6) is 0 Å². The molecule has 1 nitrogen and oxygen atoms in total. The van der Waals surface area contributed by atoms with Crippen LogP contribution in [0.1, 0.15) is 26.3 Å². The zero-order valence-electron chi connectivity index (χ0n) is 11.6. The summed E-state index contributed by atoms with van der Waals surface area (Å²) in [6.07, 6.45) is 0. The van der Waals surface area contributed by atoms with Crippen molar-refractivity contribution < 1.29 is 9.29 Å². The van der Waals surface area contributed by atoms with Crippen LogP contribution in [0.4, 0.5) is 4.39 Å². The Labute approximate surface area is 123 Å². The fourth-order valence-electron chi connectivity index (χ4n) is 2.26. The van der Waals surface area contributed by atoms with E-state index in [1.807, 2.05) is 6.07 Å². The molecule has 4 heteroatoms. The number of fused-ring (bicyclic) bond motifs is 1. The van der Waals surface area contributed by atoms with Crippen LogP contribution in [0, 0.1) is 5.82 Å². The van der Waals surface area contributed by atoms with Gasteiger partial charge in [0.2, 0.25) is 0 Å². The van der Waals surface area contributed by atoms with Gasteiger partial charge in [-0.15, -0.1) is 22.9 Å². The Hall–Kier alpha value is -0.640. The predicted molar refractivity (Wildman–Crippen MR) is 81.8 cm³/mol. The molecule has 0 aliphatic rings. The number of alkyl halides is 1. The number of hydrogen-bond donors (Lipinski definition) is 1. The van der Waals surface area contributed by atoms with Crippen molar-refractivity contribution >= 4 is 33.0 Å². The Balaban J connectivity index is 2.31. The number of thiophene rings is 1. The summed E-state index contributed by atoms with van der Waals surface area (Å²) >= 11 is 7.59. The van der Waals surface area contributed by atoms with Crippen molar-refractivity contribution in [2.45, 2.75) is 32.9 Å². The molecule has 0 saturated carbocycles. The molecule has 2 aromatic rings. The fourth-order valence-corrected chi connectivity index (χ4v) is 3.43. The van der Waals surface area contributed by atoms with E-state index in [1.54, 1.807) is 17.4 Å². The summed E-state index contributed by atoms with van der Waals surface area (Å²) in [7, 11) is 0. The van der Waals surface area contributed by atoms with Gasteiger partial charge < -0.3 is 4.90 Å². The average Bonchev–Trinajstić information content (AvgIpc) is 2.70. The van der Waals surface area contributed by atoms with Crippen LogP contribution in [0.3, 0.4) is 0 Å². The molecule has 0 bridgehead atoms. The van der Waals surface area contributed by atoms with Crippen molar-refractivity contribution in [2.75, 3.05) is 12.4 Å². The highest BCUT2D eigenvalue weighted by molar-refractivity contribution is 7.17. The molecule has 1 unspecified atom stereocenters. The minimum atomic E-state index is -0.165. The molecule has 19 heavy (non-hydrogen) atoms. The van der Waals surface area contributed by atoms with Crippen LogP contribution in [0.15, 0.2) is 23.6 Å². The molecule has 1 aromatic carbocycles. The van der Waals surface area contributed by atoms with E-state index in [2.05, 4.69) is 26.2 Å². The highest BCUT2D eigenvalue weighted by Crippen LogP contribution is 2.26. The second-order valence-corrected chi connectivity index (χ2v) is 7.16. The largest absolute Gasteiger partial charge is 0.326 e. The summed E-state index contributed by atoms with van der Waals surface area (Å²) in [6, 6.07) is 5.02. The lowest BCUT2D eigenvalue weighted by Crippen LogP contribution is -3.18. The van der Waals surface area contributed by atoms with Crippen LogP contribution in [0.2, 0.25) is 0 Å². The van der Waals surface area contributed by atoms with Gasteiger partial charge in [-0.25, -0.2) is 4.39 Å². The molecule has 2 rings (SSSR count). The van der Waals surface area contributed by atoms with E-state index >= 15 is 0 Å². The maximum atomic E-state index is 13.4. The van der Waals surface area contributed by atoms with Crippen LogP contribution in [0.25, 0.3) is 10.1 Å². The van der Waals surface area contributed by atoms with Gasteiger partial charge in [-0.05, 0) is 39.0 Å². The molecule has 1 aromatic heterocycles. The van der Waals surface area contributed by atoms with Gasteiger partial charge in [-0.2, -0.15) is 0 Å². The zero-order chi connectivity index (χ0) is 14.0. The average molecular weight is 301 g/mol. The molecule has 0 fully saturated rings. The van der Waals surface area contributed by atoms with Crippen molar-refractivity contribution in [3.8, 4) is 0 Å². The van der Waals surface area contributed by atoms with Gasteiger partial charge in [-0.1, -0.05) is 0 Å². The molecule has 0 aliphatic carbocycles. The number of benzene rings is 1. The predicted octanol–water partition coefficient (Wildman–Crippen LogP) is 3.46. The van der Waals surface area contributed by atoms with Crippen LogP contribution in [-0.4, -0.2) is 18.0 Å². The molecular formula is C15H20ClFNS+. The van der Waals surface area contributed by atoms with Gasteiger partial charge in [0.25, 0.3) is 0 Å². The number of halogens is 2. The topological polar surface area (TPSA) is 4.44 Å². The number of rotatable bonds is 4. The molecule has 0 spiro atoms. The second kappa shape index (κ2) is 5.78. The lowest BCUT2D eigenvalue weighted by atomic mass is 10.0. The summed E-state index contributed by atoms with van der Waals surface area (Å²) < 4.78 is 14.5. The molecule has 1 atom stereocenters. The van der Waals surface area contributed by atoms with E-state index in [0.29, 0.717) is 5.88 Å². The molecule has 0 saturated heterocycles. The smallest absolute Gasteiger partial charge is 0.123 e. The molecule has 0 aliphatic heterocycles. The van der Waals surface area contributed by atoms with Crippen LogP contribution in [-0.2, 0) is 6.54 Å². The number of nitrogens with one attached hydrogen (secondary N) is 1. The van der Waals surface area contributed by atoms with Gasteiger partial charge in [0.05, 0.1) is 18.0 Å². The van der Waals surface area contributed by atoms with E-state index < -0.39 is 0 Å². The van der Waals surface area contributed by atoms with E-state index in [0.717, 1.165) is 23.2 Å². The molecule has 0 radical (unpaired) electrons. The maximum Gasteiger partial charge on any atom is 0.123 e. The second-order valence-electron chi connectivity index (χ2n) is 5.87. The van der Waals surface area contributed by atoms with Crippen molar-refractivity contribution in [1.82, 2.24) is 0 Å². The first-order valence-electron chi connectivity index (χ1n) is 6.48. The van der Waals surface area contributed by atoms with Crippen molar-refractivity contribution in [3.05, 3.63) is 35.0 Å². The fraction of sp³-hybridized carbons (Fsp3) is 0.467. The molecule has 0 amide bonds. The Morgan fingerprint density at radius 3 is 2.68 bits per heavy atom. The monoisotopic (exact) mass is 300 g/mol. The summed E-state index contributed by atoms with van der Waals surface area (Å²) in [5.74, 6) is 0.477. The van der Waals surface area contributed by atoms with Crippen molar-refractivity contribution in [2.24, 2.45) is 0 Å².